The van der Waals surface area contributed by atoms with Crippen molar-refractivity contribution in [2.45, 2.75) is 83.0 Å². The van der Waals surface area contributed by atoms with Gasteiger partial charge in [-0.1, -0.05) is 6.07 Å². The lowest BCUT2D eigenvalue weighted by atomic mass is 9.92. The Balaban J connectivity index is 0.779. The number of halogens is 2. The minimum atomic E-state index is -2.68. The number of carbonyl (C=O) groups excluding carboxylic acids is 5. The van der Waals surface area contributed by atoms with E-state index in [1.165, 1.54) is 0 Å². The number of nitrogens with one attached hydrogen (secondary N) is 1. The highest BCUT2D eigenvalue weighted by atomic mass is 19.3. The molecule has 17 nitrogen and oxygen atoms in total. The van der Waals surface area contributed by atoms with E-state index < -0.39 is 36.1 Å². The van der Waals surface area contributed by atoms with Crippen LogP contribution in [0.25, 0.3) is 11.1 Å². The van der Waals surface area contributed by atoms with E-state index in [1.807, 2.05) is 11.0 Å². The van der Waals surface area contributed by atoms with Crippen molar-refractivity contribution in [2.24, 2.45) is 7.05 Å². The summed E-state index contributed by atoms with van der Waals surface area (Å²) in [6.07, 6.45) is 4.63. The number of carbonyl (C=O) groups is 5. The zero-order valence-electron chi connectivity index (χ0n) is 37.2. The number of anilines is 2. The van der Waals surface area contributed by atoms with Gasteiger partial charge in [0.25, 0.3) is 18.2 Å². The number of rotatable bonds is 11. The van der Waals surface area contributed by atoms with Crippen molar-refractivity contribution in [2.75, 3.05) is 70.5 Å². The number of fused-ring (bicyclic) bond motifs is 3. The average molecular weight is 909 g/mol. The largest absolute Gasteiger partial charge is 0.490 e. The molecule has 5 amide bonds. The SMILES string of the molecule is CC(=O)N1CCc2c(c(N3CCCc4cc(-c5cnn(C)c5)c(C(F)F)cc43)nn2C2CCN(CCN3CCOC(COc4cccc5c4C(=O)N(C4CCC(=O)NC4=O)C5=O)C3)CC2)C1. The molecule has 3 saturated heterocycles. The number of piperidine rings is 2. The highest BCUT2D eigenvalue weighted by Gasteiger charge is 2.46. The van der Waals surface area contributed by atoms with Gasteiger partial charge in [-0.25, -0.2) is 8.78 Å². The molecule has 8 heterocycles. The van der Waals surface area contributed by atoms with Crippen LogP contribution in [0.1, 0.15) is 94.6 Å². The molecule has 0 bridgehead atoms. The Morgan fingerprint density at radius 2 is 1.77 bits per heavy atom. The van der Waals surface area contributed by atoms with E-state index >= 15 is 0 Å². The number of hydrogen-bond donors (Lipinski definition) is 1. The van der Waals surface area contributed by atoms with E-state index in [-0.39, 0.29) is 59.9 Å². The monoisotopic (exact) mass is 908 g/mol. The number of ether oxygens (including phenoxy) is 2. The van der Waals surface area contributed by atoms with Crippen molar-refractivity contribution in [3.63, 3.8) is 0 Å². The molecule has 6 aliphatic rings. The number of aromatic nitrogens is 4. The Morgan fingerprint density at radius 3 is 2.53 bits per heavy atom. The fourth-order valence-corrected chi connectivity index (χ4v) is 10.6. The van der Waals surface area contributed by atoms with Gasteiger partial charge >= 0.3 is 0 Å². The third-order valence-corrected chi connectivity index (χ3v) is 14.1. The minimum Gasteiger partial charge on any atom is -0.490 e. The second-order valence-electron chi connectivity index (χ2n) is 18.2. The maximum absolute atomic E-state index is 14.7. The van der Waals surface area contributed by atoms with Gasteiger partial charge in [-0.05, 0) is 67.5 Å². The van der Waals surface area contributed by atoms with Gasteiger partial charge in [0, 0.05) is 113 Å². The molecule has 10 rings (SSSR count). The van der Waals surface area contributed by atoms with Crippen LogP contribution in [0.5, 0.6) is 5.75 Å². The number of imide groups is 2. The molecule has 0 radical (unpaired) electrons. The summed E-state index contributed by atoms with van der Waals surface area (Å²) < 4.78 is 45.5. The van der Waals surface area contributed by atoms with Gasteiger partial charge in [0.15, 0.2) is 5.82 Å². The van der Waals surface area contributed by atoms with E-state index in [9.17, 15) is 32.8 Å². The predicted octanol–water partition coefficient (Wildman–Crippen LogP) is 4.03. The molecule has 2 unspecified atom stereocenters. The molecular weight excluding hydrogens is 855 g/mol. The number of benzene rings is 2. The van der Waals surface area contributed by atoms with Gasteiger partial charge in [-0.15, -0.1) is 0 Å². The van der Waals surface area contributed by atoms with Crippen LogP contribution in [0.15, 0.2) is 42.7 Å². The Labute approximate surface area is 380 Å². The maximum Gasteiger partial charge on any atom is 0.266 e. The number of alkyl halides is 2. The van der Waals surface area contributed by atoms with E-state index in [0.29, 0.717) is 50.3 Å². The van der Waals surface area contributed by atoms with Gasteiger partial charge in [0.05, 0.1) is 36.5 Å². The predicted molar refractivity (Wildman–Crippen MR) is 235 cm³/mol. The summed E-state index contributed by atoms with van der Waals surface area (Å²) in [7, 11) is 1.78. The first-order chi connectivity index (χ1) is 31.9. The Hall–Kier alpha value is -6.05. The van der Waals surface area contributed by atoms with Crippen LogP contribution in [0.4, 0.5) is 20.3 Å². The van der Waals surface area contributed by atoms with Crippen molar-refractivity contribution < 1.29 is 42.2 Å². The van der Waals surface area contributed by atoms with E-state index in [4.69, 9.17) is 14.6 Å². The average Bonchev–Trinajstić information content (AvgIpc) is 4.00. The van der Waals surface area contributed by atoms with E-state index in [2.05, 4.69) is 29.8 Å². The molecule has 19 heteroatoms. The van der Waals surface area contributed by atoms with Crippen LogP contribution in [0.3, 0.4) is 0 Å². The van der Waals surface area contributed by atoms with Crippen LogP contribution in [0.2, 0.25) is 0 Å². The molecule has 2 aromatic carbocycles. The number of nitrogens with zero attached hydrogens (tertiary/aromatic N) is 9. The molecule has 6 aliphatic heterocycles. The summed E-state index contributed by atoms with van der Waals surface area (Å²) in [5.74, 6) is -1.28. The van der Waals surface area contributed by atoms with Crippen molar-refractivity contribution >= 4 is 41.0 Å². The molecule has 0 aliphatic carbocycles. The molecule has 3 fully saturated rings. The molecule has 1 N–H and O–H groups in total. The Morgan fingerprint density at radius 1 is 0.955 bits per heavy atom. The smallest absolute Gasteiger partial charge is 0.266 e. The number of aryl methyl sites for hydroxylation is 2. The van der Waals surface area contributed by atoms with Crippen molar-refractivity contribution in [3.8, 4) is 16.9 Å². The summed E-state index contributed by atoms with van der Waals surface area (Å²) in [6.45, 7) is 8.81. The first kappa shape index (κ1) is 43.8. The Bertz CT molecular complexity index is 2590. The van der Waals surface area contributed by atoms with Gasteiger partial charge in [-0.2, -0.15) is 10.2 Å². The highest BCUT2D eigenvalue weighted by molar-refractivity contribution is 6.24. The fourth-order valence-electron chi connectivity index (χ4n) is 10.6. The zero-order valence-corrected chi connectivity index (χ0v) is 37.2. The lowest BCUT2D eigenvalue weighted by Gasteiger charge is -2.37. The molecule has 0 spiro atoms. The summed E-state index contributed by atoms with van der Waals surface area (Å²) in [6, 6.07) is 7.47. The highest BCUT2D eigenvalue weighted by Crippen LogP contribution is 2.44. The van der Waals surface area contributed by atoms with E-state index in [1.54, 1.807) is 55.3 Å². The molecule has 0 saturated carbocycles. The molecule has 348 valence electrons. The van der Waals surface area contributed by atoms with Crippen LogP contribution >= 0.6 is 0 Å². The first-order valence-corrected chi connectivity index (χ1v) is 23.0. The molecule has 4 aromatic rings. The topological polar surface area (TPSA) is 168 Å². The van der Waals surface area contributed by atoms with Gasteiger partial charge in [0.2, 0.25) is 17.7 Å². The summed E-state index contributed by atoms with van der Waals surface area (Å²) in [4.78, 5) is 73.5. The zero-order chi connectivity index (χ0) is 45.8. The van der Waals surface area contributed by atoms with Crippen molar-refractivity contribution in [1.29, 1.82) is 0 Å². The van der Waals surface area contributed by atoms with Crippen LogP contribution in [-0.4, -0.2) is 146 Å². The third kappa shape index (κ3) is 8.25. The van der Waals surface area contributed by atoms with Gasteiger partial charge < -0.3 is 24.2 Å². The number of morpholine rings is 1. The van der Waals surface area contributed by atoms with Crippen LogP contribution < -0.4 is 15.0 Å². The lowest BCUT2D eigenvalue weighted by Crippen LogP contribution is -2.54. The molecule has 2 aromatic heterocycles. The second-order valence-corrected chi connectivity index (χ2v) is 18.2. The standard InChI is InChI=1S/C47H54F2N10O7/c1-28(60)56-16-12-37-36(26-56)44(57-13-4-5-29-21-34(30-23-50-53(2)24-30)35(43(48)49)22-39(29)57)52-59(37)31-10-14-54(15-11-31)17-18-55-19-20-65-32(25-55)27-66-40-7-3-6-33-42(40)47(64)58(46(33)63)38-8-9-41(61)51-45(38)62/h3,6-7,21-24,31-32,38,43H,4-5,8-20,25-27H2,1-2H3,(H,51,61,62). The quantitative estimate of drug-likeness (QED) is 0.215. The summed E-state index contributed by atoms with van der Waals surface area (Å²) in [5.41, 5.74) is 5.27. The number of likely N-dealkylation sites (tertiary alicyclic amines) is 1. The second kappa shape index (κ2) is 18.0. The molecule has 66 heavy (non-hydrogen) atoms. The number of hydrogen-bond acceptors (Lipinski definition) is 12. The normalized spacial score (nSPS) is 21.9. The third-order valence-electron chi connectivity index (χ3n) is 14.1. The van der Waals surface area contributed by atoms with Crippen LogP contribution in [0, 0.1) is 0 Å². The van der Waals surface area contributed by atoms with Crippen molar-refractivity contribution in [1.82, 2.24) is 44.5 Å². The van der Waals surface area contributed by atoms with Gasteiger partial charge in [-0.3, -0.25) is 48.5 Å². The molecule has 2 atom stereocenters. The lowest BCUT2D eigenvalue weighted by molar-refractivity contribution is -0.136. The minimum absolute atomic E-state index is 0.000503. The maximum atomic E-state index is 14.7. The molecular formula is C47H54F2N10O7. The van der Waals surface area contributed by atoms with Crippen LogP contribution in [-0.2, 0) is 45.6 Å². The number of amides is 5. The fraction of sp³-hybridized carbons (Fsp3) is 0.511. The van der Waals surface area contributed by atoms with E-state index in [0.717, 1.165) is 91.6 Å². The van der Waals surface area contributed by atoms with Crippen molar-refractivity contribution in [3.05, 3.63) is 76.2 Å². The first-order valence-electron chi connectivity index (χ1n) is 23.0. The summed E-state index contributed by atoms with van der Waals surface area (Å²) >= 11 is 0. The Kier molecular flexibility index (Phi) is 11.9. The van der Waals surface area contributed by atoms with Gasteiger partial charge in [0.1, 0.15) is 24.5 Å². The summed E-state index contributed by atoms with van der Waals surface area (Å²) in [5, 5.41) is 11.8.